The maximum atomic E-state index is 12.8. The number of fused-ring (bicyclic) bond motifs is 1. The third kappa shape index (κ3) is 4.54. The minimum absolute atomic E-state index is 0.0279. The van der Waals surface area contributed by atoms with Crippen LogP contribution in [0.2, 0.25) is 5.02 Å². The molecule has 0 bridgehead atoms. The van der Waals surface area contributed by atoms with E-state index >= 15 is 0 Å². The summed E-state index contributed by atoms with van der Waals surface area (Å²) in [6.07, 6.45) is 0.744. The van der Waals surface area contributed by atoms with E-state index in [4.69, 9.17) is 16.3 Å². The zero-order valence-electron chi connectivity index (χ0n) is 15.5. The van der Waals surface area contributed by atoms with Crippen molar-refractivity contribution in [3.8, 4) is 5.75 Å². The number of rotatable bonds is 4. The number of ether oxygens (including phenoxy) is 1. The quantitative estimate of drug-likeness (QED) is 0.697. The van der Waals surface area contributed by atoms with Crippen molar-refractivity contribution >= 4 is 29.3 Å². The summed E-state index contributed by atoms with van der Waals surface area (Å²) in [6, 6.07) is 13.7. The van der Waals surface area contributed by atoms with Crippen molar-refractivity contribution in [2.45, 2.75) is 55.9 Å². The molecule has 0 spiro atoms. The molecule has 1 N–H and O–H groups in total. The Bertz CT molecular complexity index is 804. The van der Waals surface area contributed by atoms with E-state index in [2.05, 4.69) is 32.2 Å². The lowest BCUT2D eigenvalue weighted by Gasteiger charge is -2.38. The normalized spacial score (nSPS) is 19.2. The Hall–Kier alpha value is -1.65. The van der Waals surface area contributed by atoms with Gasteiger partial charge in [-0.3, -0.25) is 4.79 Å². The second-order valence-corrected chi connectivity index (χ2v) is 9.23. The van der Waals surface area contributed by atoms with Crippen LogP contribution in [-0.2, 0) is 4.79 Å². The fourth-order valence-electron chi connectivity index (χ4n) is 3.16. The smallest absolute Gasteiger partial charge is 0.233 e. The highest BCUT2D eigenvalue weighted by Gasteiger charge is 2.35. The van der Waals surface area contributed by atoms with Crippen LogP contribution in [0.25, 0.3) is 0 Å². The van der Waals surface area contributed by atoms with Gasteiger partial charge >= 0.3 is 0 Å². The Morgan fingerprint density at radius 1 is 1.27 bits per heavy atom. The second-order valence-electron chi connectivity index (χ2n) is 7.38. The molecule has 1 aliphatic rings. The molecular weight excluding hydrogens is 366 g/mol. The van der Waals surface area contributed by atoms with Crippen molar-refractivity contribution in [1.82, 2.24) is 5.32 Å². The largest absolute Gasteiger partial charge is 0.487 e. The molecule has 0 fully saturated rings. The summed E-state index contributed by atoms with van der Waals surface area (Å²) in [5.74, 6) is 0.885. The number of nitrogens with one attached hydrogen (secondary N) is 1. The van der Waals surface area contributed by atoms with Crippen LogP contribution >= 0.6 is 23.4 Å². The number of benzene rings is 2. The Morgan fingerprint density at radius 3 is 2.65 bits per heavy atom. The van der Waals surface area contributed by atoms with Crippen molar-refractivity contribution in [2.24, 2.45) is 0 Å². The van der Waals surface area contributed by atoms with E-state index in [0.29, 0.717) is 5.02 Å². The molecule has 0 aliphatic carbocycles. The molecule has 2 atom stereocenters. The van der Waals surface area contributed by atoms with Gasteiger partial charge in [-0.15, -0.1) is 11.8 Å². The number of carbonyl (C=O) groups excluding carboxylic acids is 1. The third-order valence-electron chi connectivity index (χ3n) is 4.43. The highest BCUT2D eigenvalue weighted by Crippen LogP contribution is 2.40. The maximum absolute atomic E-state index is 12.8. The van der Waals surface area contributed by atoms with Gasteiger partial charge in [0.1, 0.15) is 11.4 Å². The SMILES string of the molecule is Cc1ccc2c(c1)C(NC(=O)C(C)Sc1ccc(Cl)cc1)CC(C)(C)O2. The molecule has 2 aromatic carbocycles. The molecule has 26 heavy (non-hydrogen) atoms. The Balaban J connectivity index is 1.74. The van der Waals surface area contributed by atoms with Gasteiger partial charge in [-0.25, -0.2) is 0 Å². The van der Waals surface area contributed by atoms with Crippen LogP contribution in [0.15, 0.2) is 47.4 Å². The van der Waals surface area contributed by atoms with Crippen LogP contribution in [0.5, 0.6) is 5.75 Å². The minimum Gasteiger partial charge on any atom is -0.487 e. The monoisotopic (exact) mass is 389 g/mol. The summed E-state index contributed by atoms with van der Waals surface area (Å²) in [5, 5.41) is 3.72. The van der Waals surface area contributed by atoms with Gasteiger partial charge in [0.15, 0.2) is 0 Å². The lowest BCUT2D eigenvalue weighted by atomic mass is 9.89. The van der Waals surface area contributed by atoms with E-state index in [-0.39, 0.29) is 22.8 Å². The van der Waals surface area contributed by atoms with Gasteiger partial charge in [0, 0.05) is 21.9 Å². The van der Waals surface area contributed by atoms with Crippen LogP contribution in [0, 0.1) is 6.92 Å². The average molecular weight is 390 g/mol. The van der Waals surface area contributed by atoms with Gasteiger partial charge in [-0.2, -0.15) is 0 Å². The standard InChI is InChI=1S/C21H24ClNO2S/c1-13-5-10-19-17(11-13)18(12-21(3,4)25-19)23-20(24)14(2)26-16-8-6-15(22)7-9-16/h5-11,14,18H,12H2,1-4H3,(H,23,24). The molecule has 3 nitrogen and oxygen atoms in total. The Labute approximate surface area is 164 Å². The number of aryl methyl sites for hydroxylation is 1. The highest BCUT2D eigenvalue weighted by atomic mass is 35.5. The molecular formula is C21H24ClNO2S. The number of carbonyl (C=O) groups is 1. The summed E-state index contributed by atoms with van der Waals surface area (Å²) < 4.78 is 6.08. The average Bonchev–Trinajstić information content (AvgIpc) is 2.57. The molecule has 1 aliphatic heterocycles. The van der Waals surface area contributed by atoms with E-state index in [9.17, 15) is 4.79 Å². The zero-order chi connectivity index (χ0) is 18.9. The molecule has 3 rings (SSSR count). The lowest BCUT2D eigenvalue weighted by Crippen LogP contribution is -2.43. The molecule has 2 aromatic rings. The molecule has 5 heteroatoms. The lowest BCUT2D eigenvalue weighted by molar-refractivity contribution is -0.121. The summed E-state index contributed by atoms with van der Waals surface area (Å²) in [7, 11) is 0. The predicted octanol–water partition coefficient (Wildman–Crippen LogP) is 5.55. The van der Waals surface area contributed by atoms with Gasteiger partial charge in [-0.05, 0) is 58.0 Å². The van der Waals surface area contributed by atoms with Gasteiger partial charge in [0.25, 0.3) is 0 Å². The molecule has 0 saturated carbocycles. The first-order valence-corrected chi connectivity index (χ1v) is 10.0. The van der Waals surface area contributed by atoms with Crippen molar-refractivity contribution in [3.05, 3.63) is 58.6 Å². The maximum Gasteiger partial charge on any atom is 0.233 e. The number of amides is 1. The van der Waals surface area contributed by atoms with Crippen LogP contribution in [0.1, 0.15) is 44.4 Å². The van der Waals surface area contributed by atoms with Crippen LogP contribution < -0.4 is 10.1 Å². The molecule has 2 unspecified atom stereocenters. The van der Waals surface area contributed by atoms with Crippen molar-refractivity contribution in [3.63, 3.8) is 0 Å². The first-order chi connectivity index (χ1) is 12.2. The van der Waals surface area contributed by atoms with Gasteiger partial charge in [0.05, 0.1) is 11.3 Å². The minimum atomic E-state index is -0.313. The van der Waals surface area contributed by atoms with E-state index in [0.717, 1.165) is 28.2 Å². The third-order valence-corrected chi connectivity index (χ3v) is 5.80. The number of hydrogen-bond acceptors (Lipinski definition) is 3. The predicted molar refractivity (Wildman–Crippen MR) is 108 cm³/mol. The Morgan fingerprint density at radius 2 is 1.96 bits per heavy atom. The fourth-order valence-corrected chi connectivity index (χ4v) is 4.17. The number of hydrogen-bond donors (Lipinski definition) is 1. The zero-order valence-corrected chi connectivity index (χ0v) is 17.1. The van der Waals surface area contributed by atoms with Crippen molar-refractivity contribution in [1.29, 1.82) is 0 Å². The van der Waals surface area contributed by atoms with Gasteiger partial charge < -0.3 is 10.1 Å². The van der Waals surface area contributed by atoms with Crippen LogP contribution in [0.3, 0.4) is 0 Å². The van der Waals surface area contributed by atoms with Crippen molar-refractivity contribution in [2.75, 3.05) is 0 Å². The van der Waals surface area contributed by atoms with Crippen molar-refractivity contribution < 1.29 is 9.53 Å². The summed E-state index contributed by atoms with van der Waals surface area (Å²) >= 11 is 7.46. The second kappa shape index (κ2) is 7.53. The highest BCUT2D eigenvalue weighted by molar-refractivity contribution is 8.00. The van der Waals surface area contributed by atoms with E-state index < -0.39 is 0 Å². The van der Waals surface area contributed by atoms with E-state index in [1.165, 1.54) is 11.8 Å². The van der Waals surface area contributed by atoms with E-state index in [1.54, 1.807) is 0 Å². The van der Waals surface area contributed by atoms with Crippen LogP contribution in [0.4, 0.5) is 0 Å². The molecule has 0 radical (unpaired) electrons. The van der Waals surface area contributed by atoms with Gasteiger partial charge in [0.2, 0.25) is 5.91 Å². The number of thioether (sulfide) groups is 1. The topological polar surface area (TPSA) is 38.3 Å². The first kappa shape index (κ1) is 19.1. The van der Waals surface area contributed by atoms with Gasteiger partial charge in [-0.1, -0.05) is 29.3 Å². The summed E-state index contributed by atoms with van der Waals surface area (Å²) in [6.45, 7) is 8.09. The summed E-state index contributed by atoms with van der Waals surface area (Å²) in [5.41, 5.74) is 1.91. The van der Waals surface area contributed by atoms with E-state index in [1.807, 2.05) is 43.3 Å². The molecule has 138 valence electrons. The number of halogens is 1. The molecule has 0 saturated heterocycles. The first-order valence-electron chi connectivity index (χ1n) is 8.76. The molecule has 1 heterocycles. The molecule has 0 aromatic heterocycles. The Kier molecular flexibility index (Phi) is 5.54. The van der Waals surface area contributed by atoms with Crippen LogP contribution in [-0.4, -0.2) is 16.8 Å². The summed E-state index contributed by atoms with van der Waals surface area (Å²) in [4.78, 5) is 13.8. The molecule has 1 amide bonds. The fraction of sp³-hybridized carbons (Fsp3) is 0.381.